The molecule has 0 radical (unpaired) electrons. The van der Waals surface area contributed by atoms with Gasteiger partial charge in [0, 0.05) is 5.56 Å². The van der Waals surface area contributed by atoms with Crippen LogP contribution in [0.2, 0.25) is 0 Å². The molecule has 3 heteroatoms. The van der Waals surface area contributed by atoms with E-state index >= 15 is 0 Å². The summed E-state index contributed by atoms with van der Waals surface area (Å²) in [5.74, 6) is 0.804. The van der Waals surface area contributed by atoms with Gasteiger partial charge in [-0.3, -0.25) is 0 Å². The molecule has 0 fully saturated rings. The number of esters is 1. The summed E-state index contributed by atoms with van der Waals surface area (Å²) in [5.41, 5.74) is 1.33. The van der Waals surface area contributed by atoms with E-state index in [1.165, 1.54) is 6.26 Å². The number of hydrogen-bond acceptors (Lipinski definition) is 3. The maximum Gasteiger partial charge on any atom is 0.344 e. The fourth-order valence-electron chi connectivity index (χ4n) is 1.79. The van der Waals surface area contributed by atoms with Crippen LogP contribution in [-0.4, -0.2) is 5.97 Å². The molecule has 0 aliphatic carbocycles. The summed E-state index contributed by atoms with van der Waals surface area (Å²) in [6.07, 6.45) is 1.46. The van der Waals surface area contributed by atoms with Crippen LogP contribution >= 0.6 is 0 Å². The van der Waals surface area contributed by atoms with Crippen LogP contribution in [0.1, 0.15) is 15.9 Å². The van der Waals surface area contributed by atoms with Gasteiger partial charge in [0.2, 0.25) is 0 Å². The highest BCUT2D eigenvalue weighted by atomic mass is 16.6. The molecule has 0 atom stereocenters. The zero-order valence-electron chi connectivity index (χ0n) is 9.50. The van der Waals surface area contributed by atoms with Crippen molar-refractivity contribution < 1.29 is 14.3 Å². The Morgan fingerprint density at radius 3 is 2.33 bits per heavy atom. The topological polar surface area (TPSA) is 35.5 Å². The van der Waals surface area contributed by atoms with E-state index in [2.05, 4.69) is 0 Å². The van der Waals surface area contributed by atoms with Crippen LogP contribution in [-0.2, 0) is 4.74 Å². The molecule has 2 aromatic carbocycles. The quantitative estimate of drug-likeness (QED) is 0.595. The minimum Gasteiger partial charge on any atom is -0.461 e. The van der Waals surface area contributed by atoms with Crippen molar-refractivity contribution in [1.29, 1.82) is 0 Å². The highest BCUT2D eigenvalue weighted by Gasteiger charge is 2.25. The van der Waals surface area contributed by atoms with Crippen molar-refractivity contribution in [1.82, 2.24) is 0 Å². The number of carbonyl (C=O) groups is 1. The number of ether oxygens (including phenoxy) is 2. The van der Waals surface area contributed by atoms with Gasteiger partial charge in [0.15, 0.2) is 5.76 Å². The fourth-order valence-corrected chi connectivity index (χ4v) is 1.79. The molecule has 3 nitrogen and oxygen atoms in total. The minimum absolute atomic E-state index is 0.339. The molecule has 0 saturated heterocycles. The number of cyclic esters (lactones) is 1. The molecule has 0 amide bonds. The molecule has 0 N–H and O–H groups in total. The van der Waals surface area contributed by atoms with Gasteiger partial charge in [0.1, 0.15) is 12.0 Å². The van der Waals surface area contributed by atoms with Crippen molar-refractivity contribution in [3.63, 3.8) is 0 Å². The first-order valence-electron chi connectivity index (χ1n) is 5.58. The Kier molecular flexibility index (Phi) is 2.57. The molecule has 1 aliphatic rings. The summed E-state index contributed by atoms with van der Waals surface area (Å²) < 4.78 is 10.6. The largest absolute Gasteiger partial charge is 0.461 e. The molecule has 1 heterocycles. The third-order valence-corrected chi connectivity index (χ3v) is 2.66. The average molecular weight is 238 g/mol. The summed E-state index contributed by atoms with van der Waals surface area (Å²) in [6, 6.07) is 16.6. The Labute approximate surface area is 104 Å². The van der Waals surface area contributed by atoms with Crippen molar-refractivity contribution in [2.24, 2.45) is 0 Å². The maximum atomic E-state index is 11.6. The van der Waals surface area contributed by atoms with Gasteiger partial charge in [-0.2, -0.15) is 0 Å². The first kappa shape index (κ1) is 10.6. The lowest BCUT2D eigenvalue weighted by Gasteiger charge is -2.01. The first-order valence-corrected chi connectivity index (χ1v) is 5.58. The molecule has 0 spiro atoms. The maximum absolute atomic E-state index is 11.6. The molecule has 1 aliphatic heterocycles. The normalized spacial score (nSPS) is 15.3. The minimum atomic E-state index is -0.339. The first-order chi connectivity index (χ1) is 8.84. The molecule has 18 heavy (non-hydrogen) atoms. The fraction of sp³-hybridized carbons (Fsp3) is 0. The predicted octanol–water partition coefficient (Wildman–Crippen LogP) is 3.23. The Morgan fingerprint density at radius 1 is 0.889 bits per heavy atom. The zero-order valence-corrected chi connectivity index (χ0v) is 9.50. The van der Waals surface area contributed by atoms with Crippen LogP contribution in [0.4, 0.5) is 0 Å². The van der Waals surface area contributed by atoms with Gasteiger partial charge in [-0.05, 0) is 18.2 Å². The number of para-hydroxylation sites is 1. The van der Waals surface area contributed by atoms with Gasteiger partial charge in [-0.1, -0.05) is 36.4 Å². The second kappa shape index (κ2) is 4.37. The standard InChI is InChI=1S/C15H10O3/c16-15-13-9-5-4-8-12(13)14(18-15)10-17-11-6-2-1-3-7-11/h1-10H. The molecule has 3 rings (SSSR count). The number of carbonyl (C=O) groups excluding carboxylic acids is 1. The second-order valence-electron chi connectivity index (χ2n) is 3.85. The Hall–Kier alpha value is -2.55. The van der Waals surface area contributed by atoms with E-state index in [-0.39, 0.29) is 5.97 Å². The number of rotatable bonds is 2. The lowest BCUT2D eigenvalue weighted by molar-refractivity contribution is 0.0712. The third-order valence-electron chi connectivity index (χ3n) is 2.66. The highest BCUT2D eigenvalue weighted by molar-refractivity contribution is 6.02. The molecule has 2 aromatic rings. The van der Waals surface area contributed by atoms with Crippen molar-refractivity contribution in [3.8, 4) is 5.75 Å². The average Bonchev–Trinajstić information content (AvgIpc) is 2.75. The van der Waals surface area contributed by atoms with Gasteiger partial charge < -0.3 is 9.47 Å². The highest BCUT2D eigenvalue weighted by Crippen LogP contribution is 2.29. The van der Waals surface area contributed by atoms with E-state index in [1.807, 2.05) is 42.5 Å². The van der Waals surface area contributed by atoms with Gasteiger partial charge in [-0.15, -0.1) is 0 Å². The van der Waals surface area contributed by atoms with E-state index in [0.29, 0.717) is 17.1 Å². The molecule has 0 aromatic heterocycles. The van der Waals surface area contributed by atoms with Crippen LogP contribution in [0.5, 0.6) is 5.75 Å². The summed E-state index contributed by atoms with van der Waals surface area (Å²) in [7, 11) is 0. The molecule has 88 valence electrons. The van der Waals surface area contributed by atoms with Crippen molar-refractivity contribution >= 4 is 11.7 Å². The lowest BCUT2D eigenvalue weighted by Crippen LogP contribution is -1.92. The van der Waals surface area contributed by atoms with Crippen molar-refractivity contribution in [2.45, 2.75) is 0 Å². The lowest BCUT2D eigenvalue weighted by atomic mass is 10.1. The monoisotopic (exact) mass is 238 g/mol. The van der Waals surface area contributed by atoms with E-state index in [1.54, 1.807) is 12.1 Å². The predicted molar refractivity (Wildman–Crippen MR) is 66.9 cm³/mol. The number of fused-ring (bicyclic) bond motifs is 1. The Bertz CT molecular complexity index is 615. The molecule has 0 unspecified atom stereocenters. The molecule has 0 bridgehead atoms. The van der Waals surface area contributed by atoms with Crippen molar-refractivity contribution in [3.05, 3.63) is 72.0 Å². The van der Waals surface area contributed by atoms with E-state index in [4.69, 9.17) is 9.47 Å². The van der Waals surface area contributed by atoms with Gasteiger partial charge in [0.05, 0.1) is 5.56 Å². The van der Waals surface area contributed by atoms with Crippen LogP contribution in [0.3, 0.4) is 0 Å². The van der Waals surface area contributed by atoms with Crippen LogP contribution in [0, 0.1) is 0 Å². The molecular formula is C15H10O3. The summed E-state index contributed by atoms with van der Waals surface area (Å²) in [5, 5.41) is 0. The smallest absolute Gasteiger partial charge is 0.344 e. The van der Waals surface area contributed by atoms with Gasteiger partial charge in [0.25, 0.3) is 0 Å². The van der Waals surface area contributed by atoms with E-state index < -0.39 is 0 Å². The Balaban J connectivity index is 1.89. The van der Waals surface area contributed by atoms with Crippen LogP contribution < -0.4 is 4.74 Å². The second-order valence-corrected chi connectivity index (χ2v) is 3.85. The van der Waals surface area contributed by atoms with Crippen molar-refractivity contribution in [2.75, 3.05) is 0 Å². The van der Waals surface area contributed by atoms with E-state index in [9.17, 15) is 4.79 Å². The Morgan fingerprint density at radius 2 is 1.56 bits per heavy atom. The van der Waals surface area contributed by atoms with Crippen LogP contribution in [0.25, 0.3) is 5.76 Å². The number of hydrogen-bond donors (Lipinski definition) is 0. The van der Waals surface area contributed by atoms with Gasteiger partial charge in [-0.25, -0.2) is 4.79 Å². The molecular weight excluding hydrogens is 228 g/mol. The van der Waals surface area contributed by atoms with Gasteiger partial charge >= 0.3 is 5.97 Å². The molecule has 0 saturated carbocycles. The summed E-state index contributed by atoms with van der Waals surface area (Å²) in [4.78, 5) is 11.6. The third kappa shape index (κ3) is 1.86. The van der Waals surface area contributed by atoms with E-state index in [0.717, 1.165) is 5.56 Å². The zero-order chi connectivity index (χ0) is 12.4. The SMILES string of the molecule is O=C1OC(=COc2ccccc2)c2ccccc21. The summed E-state index contributed by atoms with van der Waals surface area (Å²) in [6.45, 7) is 0. The number of benzene rings is 2. The summed E-state index contributed by atoms with van der Waals surface area (Å²) >= 11 is 0. The van der Waals surface area contributed by atoms with Crippen LogP contribution in [0.15, 0.2) is 60.9 Å².